The maximum atomic E-state index is 14.0. The van der Waals surface area contributed by atoms with Crippen LogP contribution in [0.15, 0.2) is 24.3 Å². The van der Waals surface area contributed by atoms with Crippen molar-refractivity contribution in [3.63, 3.8) is 0 Å². The van der Waals surface area contributed by atoms with E-state index in [2.05, 4.69) is 5.32 Å². The maximum Gasteiger partial charge on any atom is 0.269 e. The van der Waals surface area contributed by atoms with E-state index in [4.69, 9.17) is 0 Å². The van der Waals surface area contributed by atoms with E-state index in [1.54, 1.807) is 19.1 Å². The highest BCUT2D eigenvalue weighted by molar-refractivity contribution is 5.85. The molecule has 1 heterocycles. The third-order valence-corrected chi connectivity index (χ3v) is 3.51. The molecule has 1 N–H and O–H groups in total. The van der Waals surface area contributed by atoms with E-state index in [0.29, 0.717) is 18.5 Å². The van der Waals surface area contributed by atoms with Gasteiger partial charge in [-0.05, 0) is 32.4 Å². The molecule has 1 saturated heterocycles. The van der Waals surface area contributed by atoms with Crippen molar-refractivity contribution in [3.05, 3.63) is 35.4 Å². The van der Waals surface area contributed by atoms with E-state index < -0.39 is 11.5 Å². The zero-order valence-corrected chi connectivity index (χ0v) is 10.9. The zero-order valence-electron chi connectivity index (χ0n) is 10.1. The van der Waals surface area contributed by atoms with Crippen LogP contribution in [0.25, 0.3) is 0 Å². The summed E-state index contributed by atoms with van der Waals surface area (Å²) in [5.41, 5.74) is 0.535. The molecule has 17 heavy (non-hydrogen) atoms. The van der Waals surface area contributed by atoms with Gasteiger partial charge in [0, 0.05) is 6.42 Å². The number of hydrogen-bond donors (Lipinski definition) is 1. The monoisotopic (exact) mass is 261 g/mol. The molecular formula is C13H18ClF2N. The Labute approximate surface area is 107 Å². The second kappa shape index (κ2) is 4.91. The molecule has 0 radical (unpaired) electrons. The highest BCUT2D eigenvalue weighted by Crippen LogP contribution is 2.42. The average Bonchev–Trinajstić information content (AvgIpc) is 2.23. The maximum absolute atomic E-state index is 14.0. The van der Waals surface area contributed by atoms with Crippen molar-refractivity contribution in [1.82, 2.24) is 5.32 Å². The Morgan fingerprint density at radius 2 is 1.76 bits per heavy atom. The van der Waals surface area contributed by atoms with Crippen molar-refractivity contribution >= 4 is 12.4 Å². The van der Waals surface area contributed by atoms with Crippen molar-refractivity contribution in [3.8, 4) is 0 Å². The molecule has 0 aromatic heterocycles. The molecule has 0 saturated carbocycles. The second-order valence-corrected chi connectivity index (χ2v) is 4.73. The molecule has 0 aliphatic carbocycles. The van der Waals surface area contributed by atoms with Crippen molar-refractivity contribution in [1.29, 1.82) is 0 Å². The van der Waals surface area contributed by atoms with Crippen LogP contribution in [0.2, 0.25) is 0 Å². The molecule has 1 aromatic rings. The van der Waals surface area contributed by atoms with Gasteiger partial charge in [0.2, 0.25) is 0 Å². The molecule has 1 aliphatic heterocycles. The van der Waals surface area contributed by atoms with E-state index in [1.165, 1.54) is 0 Å². The van der Waals surface area contributed by atoms with E-state index in [0.717, 1.165) is 5.56 Å². The third-order valence-electron chi connectivity index (χ3n) is 3.51. The van der Waals surface area contributed by atoms with Gasteiger partial charge in [-0.2, -0.15) is 0 Å². The summed E-state index contributed by atoms with van der Waals surface area (Å²) in [4.78, 5) is 0. The van der Waals surface area contributed by atoms with Gasteiger partial charge in [-0.25, -0.2) is 8.78 Å². The van der Waals surface area contributed by atoms with Gasteiger partial charge in [-0.15, -0.1) is 12.4 Å². The molecule has 1 unspecified atom stereocenters. The molecule has 1 fully saturated rings. The van der Waals surface area contributed by atoms with Crippen molar-refractivity contribution < 1.29 is 8.78 Å². The van der Waals surface area contributed by atoms with Gasteiger partial charge in [0.1, 0.15) is 5.54 Å². The molecule has 0 bridgehead atoms. The minimum atomic E-state index is -2.68. The first-order valence-electron chi connectivity index (χ1n) is 5.66. The van der Waals surface area contributed by atoms with Gasteiger partial charge in [0.25, 0.3) is 5.92 Å². The lowest BCUT2D eigenvalue weighted by molar-refractivity contribution is -0.110. The van der Waals surface area contributed by atoms with E-state index in [-0.39, 0.29) is 18.8 Å². The number of aryl methyl sites for hydroxylation is 1. The van der Waals surface area contributed by atoms with Crippen LogP contribution in [0.1, 0.15) is 30.9 Å². The Hall–Kier alpha value is -0.670. The SMILES string of the molecule is Cc1ccc(C2(C)NCCCC2(F)F)cc1.Cl. The first kappa shape index (κ1) is 14.4. The van der Waals surface area contributed by atoms with Crippen LogP contribution in [0.4, 0.5) is 8.78 Å². The molecule has 1 aromatic carbocycles. The van der Waals surface area contributed by atoms with Crippen LogP contribution in [-0.4, -0.2) is 12.5 Å². The highest BCUT2D eigenvalue weighted by Gasteiger charge is 2.52. The quantitative estimate of drug-likeness (QED) is 0.814. The molecule has 0 amide bonds. The van der Waals surface area contributed by atoms with Crippen LogP contribution in [-0.2, 0) is 5.54 Å². The van der Waals surface area contributed by atoms with Gasteiger partial charge in [-0.3, -0.25) is 0 Å². The number of piperidine rings is 1. The second-order valence-electron chi connectivity index (χ2n) is 4.73. The smallest absolute Gasteiger partial charge is 0.269 e. The molecule has 1 aliphatic rings. The first-order valence-corrected chi connectivity index (χ1v) is 5.66. The Bertz CT molecular complexity index is 378. The molecule has 96 valence electrons. The number of rotatable bonds is 1. The van der Waals surface area contributed by atoms with Crippen LogP contribution in [0.5, 0.6) is 0 Å². The summed E-state index contributed by atoms with van der Waals surface area (Å²) in [6.45, 7) is 4.20. The molecule has 1 nitrogen and oxygen atoms in total. The molecule has 4 heteroatoms. The number of halogens is 3. The summed E-state index contributed by atoms with van der Waals surface area (Å²) < 4.78 is 28.0. The van der Waals surface area contributed by atoms with Gasteiger partial charge >= 0.3 is 0 Å². The molecule has 2 rings (SSSR count). The molecule has 1 atom stereocenters. The predicted molar refractivity (Wildman–Crippen MR) is 68.0 cm³/mol. The molecule has 0 spiro atoms. The topological polar surface area (TPSA) is 12.0 Å². The van der Waals surface area contributed by atoms with E-state index >= 15 is 0 Å². The lowest BCUT2D eigenvalue weighted by Crippen LogP contribution is -2.57. The van der Waals surface area contributed by atoms with Crippen molar-refractivity contribution in [2.24, 2.45) is 0 Å². The minimum Gasteiger partial charge on any atom is -0.303 e. The van der Waals surface area contributed by atoms with Gasteiger partial charge in [0.05, 0.1) is 0 Å². The standard InChI is InChI=1S/C13H17F2N.ClH/c1-10-4-6-11(7-5-10)12(2)13(14,15)8-3-9-16-12;/h4-7,16H,3,8-9H2,1-2H3;1H. The normalized spacial score (nSPS) is 27.3. The Morgan fingerprint density at radius 1 is 1.18 bits per heavy atom. The van der Waals surface area contributed by atoms with Crippen LogP contribution in [0.3, 0.4) is 0 Å². The fraction of sp³-hybridized carbons (Fsp3) is 0.538. The Morgan fingerprint density at radius 3 is 2.29 bits per heavy atom. The lowest BCUT2D eigenvalue weighted by atomic mass is 9.80. The first-order chi connectivity index (χ1) is 7.46. The average molecular weight is 262 g/mol. The fourth-order valence-corrected chi connectivity index (χ4v) is 2.23. The minimum absolute atomic E-state index is 0. The molecular weight excluding hydrogens is 244 g/mol. The zero-order chi connectivity index (χ0) is 11.8. The predicted octanol–water partition coefficient (Wildman–Crippen LogP) is 3.65. The van der Waals surface area contributed by atoms with Crippen LogP contribution >= 0.6 is 12.4 Å². The van der Waals surface area contributed by atoms with Crippen molar-refractivity contribution in [2.75, 3.05) is 6.54 Å². The largest absolute Gasteiger partial charge is 0.303 e. The number of benzene rings is 1. The summed E-state index contributed by atoms with van der Waals surface area (Å²) in [5, 5.41) is 2.97. The summed E-state index contributed by atoms with van der Waals surface area (Å²) in [6, 6.07) is 7.35. The fourth-order valence-electron chi connectivity index (χ4n) is 2.23. The summed E-state index contributed by atoms with van der Waals surface area (Å²) >= 11 is 0. The summed E-state index contributed by atoms with van der Waals surface area (Å²) in [5.74, 6) is -2.68. The van der Waals surface area contributed by atoms with Gasteiger partial charge in [0.15, 0.2) is 0 Å². The van der Waals surface area contributed by atoms with Crippen LogP contribution in [0, 0.1) is 6.92 Å². The lowest BCUT2D eigenvalue weighted by Gasteiger charge is -2.42. The summed E-state index contributed by atoms with van der Waals surface area (Å²) in [7, 11) is 0. The Kier molecular flexibility index (Phi) is 4.15. The number of alkyl halides is 2. The van der Waals surface area contributed by atoms with E-state index in [1.807, 2.05) is 19.1 Å². The third kappa shape index (κ3) is 2.45. The summed E-state index contributed by atoms with van der Waals surface area (Å²) in [6.07, 6.45) is 0.499. The Balaban J connectivity index is 0.00000144. The van der Waals surface area contributed by atoms with Gasteiger partial charge in [-0.1, -0.05) is 29.8 Å². The van der Waals surface area contributed by atoms with Crippen LogP contribution < -0.4 is 5.32 Å². The number of nitrogens with one attached hydrogen (secondary N) is 1. The van der Waals surface area contributed by atoms with Crippen molar-refractivity contribution in [2.45, 2.75) is 38.2 Å². The van der Waals surface area contributed by atoms with Gasteiger partial charge < -0.3 is 5.32 Å². The highest BCUT2D eigenvalue weighted by atomic mass is 35.5. The van der Waals surface area contributed by atoms with E-state index in [9.17, 15) is 8.78 Å². The number of hydrogen-bond acceptors (Lipinski definition) is 1.